The van der Waals surface area contributed by atoms with Crippen molar-refractivity contribution in [1.29, 1.82) is 0 Å². The smallest absolute Gasteiger partial charge is 0.282 e. The predicted octanol–water partition coefficient (Wildman–Crippen LogP) is 3.22. The first-order valence-electron chi connectivity index (χ1n) is 8.88. The molecule has 0 saturated carbocycles. The van der Waals surface area contributed by atoms with Crippen molar-refractivity contribution in [2.45, 2.75) is 11.8 Å². The summed E-state index contributed by atoms with van der Waals surface area (Å²) in [7, 11) is 0. The number of nitro benzene ring substituents is 1. The average molecular weight is 399 g/mol. The van der Waals surface area contributed by atoms with Crippen molar-refractivity contribution in [2.24, 2.45) is 0 Å². The fourth-order valence-electron chi connectivity index (χ4n) is 3.13. The van der Waals surface area contributed by atoms with E-state index in [1.165, 1.54) is 17.8 Å². The van der Waals surface area contributed by atoms with Crippen molar-refractivity contribution < 1.29 is 14.5 Å². The Balaban J connectivity index is 1.71. The molecule has 0 bridgehead atoms. The number of carbonyl (C=O) groups excluding carboxylic acids is 2. The van der Waals surface area contributed by atoms with Gasteiger partial charge in [0.05, 0.1) is 4.92 Å². The number of hydrogen-bond acceptors (Lipinski definition) is 5. The molecule has 2 aromatic rings. The van der Waals surface area contributed by atoms with Crippen molar-refractivity contribution in [1.82, 2.24) is 9.80 Å². The normalized spacial score (nSPS) is 14.1. The molecule has 1 aliphatic heterocycles. The lowest BCUT2D eigenvalue weighted by Crippen LogP contribution is -2.50. The predicted molar refractivity (Wildman–Crippen MR) is 108 cm³/mol. The zero-order valence-corrected chi connectivity index (χ0v) is 16.6. The number of piperazine rings is 1. The third-order valence-corrected chi connectivity index (χ3v) is 5.51. The number of thioether (sulfide) groups is 1. The molecular formula is C20H21N3O4S. The third kappa shape index (κ3) is 4.17. The van der Waals surface area contributed by atoms with Crippen LogP contribution in [0.4, 0.5) is 5.69 Å². The Kier molecular flexibility index (Phi) is 5.99. The summed E-state index contributed by atoms with van der Waals surface area (Å²) in [6.07, 6.45) is 1.85. The van der Waals surface area contributed by atoms with Crippen LogP contribution in [0.3, 0.4) is 0 Å². The van der Waals surface area contributed by atoms with Gasteiger partial charge in [0.15, 0.2) is 0 Å². The highest BCUT2D eigenvalue weighted by Gasteiger charge is 2.29. The van der Waals surface area contributed by atoms with Gasteiger partial charge in [0, 0.05) is 42.7 Å². The first-order chi connectivity index (χ1) is 13.4. The maximum atomic E-state index is 12.9. The molecule has 2 aromatic carbocycles. The van der Waals surface area contributed by atoms with E-state index in [4.69, 9.17) is 0 Å². The molecule has 0 aliphatic carbocycles. The molecular weight excluding hydrogens is 378 g/mol. The molecule has 2 amide bonds. The van der Waals surface area contributed by atoms with Crippen molar-refractivity contribution >= 4 is 29.3 Å². The number of nitro groups is 1. The summed E-state index contributed by atoms with van der Waals surface area (Å²) >= 11 is 1.42. The zero-order valence-electron chi connectivity index (χ0n) is 15.8. The molecule has 146 valence electrons. The number of amides is 2. The SMILES string of the molecule is CSc1ccc([N+](=O)[O-])c(C(=O)N2CCN(C(=O)c3ccc(C)cc3)CC2)c1. The molecule has 0 aromatic heterocycles. The van der Waals surface area contributed by atoms with Gasteiger partial charge in [-0.3, -0.25) is 19.7 Å². The minimum absolute atomic E-state index is 0.0672. The Labute approximate surface area is 167 Å². The van der Waals surface area contributed by atoms with Gasteiger partial charge in [0.2, 0.25) is 0 Å². The largest absolute Gasteiger partial charge is 0.335 e. The quantitative estimate of drug-likeness (QED) is 0.448. The van der Waals surface area contributed by atoms with E-state index in [1.807, 2.05) is 25.3 Å². The molecule has 1 fully saturated rings. The van der Waals surface area contributed by atoms with Crippen LogP contribution in [0.25, 0.3) is 0 Å². The van der Waals surface area contributed by atoms with E-state index in [0.29, 0.717) is 31.7 Å². The second kappa shape index (κ2) is 8.43. The van der Waals surface area contributed by atoms with Crippen LogP contribution in [0.5, 0.6) is 0 Å². The fourth-order valence-corrected chi connectivity index (χ4v) is 3.57. The van der Waals surface area contributed by atoms with E-state index in [0.717, 1.165) is 10.5 Å². The molecule has 3 rings (SSSR count). The van der Waals surface area contributed by atoms with Crippen LogP contribution in [0, 0.1) is 17.0 Å². The van der Waals surface area contributed by atoms with Crippen molar-refractivity contribution in [2.75, 3.05) is 32.4 Å². The van der Waals surface area contributed by atoms with Gasteiger partial charge in [0.1, 0.15) is 5.56 Å². The highest BCUT2D eigenvalue weighted by Crippen LogP contribution is 2.26. The third-order valence-electron chi connectivity index (χ3n) is 4.78. The number of aryl methyl sites for hydroxylation is 1. The van der Waals surface area contributed by atoms with Crippen molar-refractivity contribution in [3.63, 3.8) is 0 Å². The van der Waals surface area contributed by atoms with Gasteiger partial charge in [-0.25, -0.2) is 0 Å². The van der Waals surface area contributed by atoms with Gasteiger partial charge in [-0.1, -0.05) is 17.7 Å². The van der Waals surface area contributed by atoms with Gasteiger partial charge in [-0.15, -0.1) is 11.8 Å². The van der Waals surface area contributed by atoms with Crippen LogP contribution in [0.1, 0.15) is 26.3 Å². The van der Waals surface area contributed by atoms with Crippen molar-refractivity contribution in [3.05, 3.63) is 69.3 Å². The number of nitrogens with zero attached hydrogens (tertiary/aromatic N) is 3. The second-order valence-electron chi connectivity index (χ2n) is 6.59. The van der Waals surface area contributed by atoms with E-state index < -0.39 is 4.92 Å². The molecule has 0 atom stereocenters. The van der Waals surface area contributed by atoms with Gasteiger partial charge in [0.25, 0.3) is 17.5 Å². The van der Waals surface area contributed by atoms with E-state index in [-0.39, 0.29) is 23.1 Å². The van der Waals surface area contributed by atoms with Crippen LogP contribution >= 0.6 is 11.8 Å². The molecule has 1 aliphatic rings. The average Bonchev–Trinajstić information content (AvgIpc) is 2.72. The minimum atomic E-state index is -0.533. The molecule has 0 radical (unpaired) electrons. The second-order valence-corrected chi connectivity index (χ2v) is 7.47. The zero-order chi connectivity index (χ0) is 20.3. The summed E-state index contributed by atoms with van der Waals surface area (Å²) in [5, 5.41) is 11.3. The first kappa shape index (κ1) is 19.9. The lowest BCUT2D eigenvalue weighted by atomic mass is 10.1. The lowest BCUT2D eigenvalue weighted by Gasteiger charge is -2.34. The molecule has 1 heterocycles. The maximum absolute atomic E-state index is 12.9. The molecule has 0 N–H and O–H groups in total. The number of benzene rings is 2. The van der Waals surface area contributed by atoms with E-state index in [1.54, 1.807) is 34.1 Å². The van der Waals surface area contributed by atoms with Gasteiger partial charge < -0.3 is 9.80 Å². The monoisotopic (exact) mass is 399 g/mol. The van der Waals surface area contributed by atoms with Crippen LogP contribution in [-0.2, 0) is 0 Å². The van der Waals surface area contributed by atoms with Crippen LogP contribution in [0.2, 0.25) is 0 Å². The molecule has 7 nitrogen and oxygen atoms in total. The summed E-state index contributed by atoms with van der Waals surface area (Å²) in [6, 6.07) is 12.0. The molecule has 8 heteroatoms. The Hall–Kier alpha value is -2.87. The van der Waals surface area contributed by atoms with Gasteiger partial charge in [-0.05, 0) is 37.4 Å². The van der Waals surface area contributed by atoms with E-state index in [2.05, 4.69) is 0 Å². The number of carbonyl (C=O) groups is 2. The Morgan fingerprint density at radius 1 is 0.964 bits per heavy atom. The highest BCUT2D eigenvalue weighted by molar-refractivity contribution is 7.98. The number of rotatable bonds is 4. The summed E-state index contributed by atoms with van der Waals surface area (Å²) < 4.78 is 0. The van der Waals surface area contributed by atoms with Crippen LogP contribution in [-0.4, -0.2) is 59.0 Å². The van der Waals surface area contributed by atoms with E-state index >= 15 is 0 Å². The standard InChI is InChI=1S/C20H21N3O4S/c1-14-3-5-15(6-4-14)19(24)21-9-11-22(12-10-21)20(25)17-13-16(28-2)7-8-18(17)23(26)27/h3-8,13H,9-12H2,1-2H3. The van der Waals surface area contributed by atoms with Gasteiger partial charge in [-0.2, -0.15) is 0 Å². The van der Waals surface area contributed by atoms with Gasteiger partial charge >= 0.3 is 0 Å². The van der Waals surface area contributed by atoms with Crippen LogP contribution in [0.15, 0.2) is 47.4 Å². The fraction of sp³-hybridized carbons (Fsp3) is 0.300. The van der Waals surface area contributed by atoms with E-state index in [9.17, 15) is 19.7 Å². The molecule has 1 saturated heterocycles. The maximum Gasteiger partial charge on any atom is 0.282 e. The summed E-state index contributed by atoms with van der Waals surface area (Å²) in [5.74, 6) is -0.438. The van der Waals surface area contributed by atoms with Crippen molar-refractivity contribution in [3.8, 4) is 0 Å². The molecule has 28 heavy (non-hydrogen) atoms. The lowest BCUT2D eigenvalue weighted by molar-refractivity contribution is -0.385. The Morgan fingerprint density at radius 2 is 1.54 bits per heavy atom. The summed E-state index contributed by atoms with van der Waals surface area (Å²) in [6.45, 7) is 3.45. The Morgan fingerprint density at radius 3 is 2.07 bits per heavy atom. The summed E-state index contributed by atoms with van der Waals surface area (Å²) in [5.41, 5.74) is 1.60. The first-order valence-corrected chi connectivity index (χ1v) is 10.1. The molecule has 0 spiro atoms. The topological polar surface area (TPSA) is 83.8 Å². The highest BCUT2D eigenvalue weighted by atomic mass is 32.2. The minimum Gasteiger partial charge on any atom is -0.335 e. The molecule has 0 unspecified atom stereocenters. The van der Waals surface area contributed by atoms with Crippen LogP contribution < -0.4 is 0 Å². The summed E-state index contributed by atoms with van der Waals surface area (Å²) in [4.78, 5) is 40.4. The number of hydrogen-bond donors (Lipinski definition) is 0. The Bertz CT molecular complexity index is 906.